The number of rotatable bonds is 3. The van der Waals surface area contributed by atoms with E-state index in [9.17, 15) is 13.6 Å². The minimum Gasteiger partial charge on any atom is -0.383 e. The number of carbonyl (C=O) groups is 1. The first-order valence-electron chi connectivity index (χ1n) is 6.03. The lowest BCUT2D eigenvalue weighted by Gasteiger charge is -2.08. The number of amides is 1. The van der Waals surface area contributed by atoms with E-state index in [1.165, 1.54) is 13.1 Å². The molecule has 2 N–H and O–H groups in total. The summed E-state index contributed by atoms with van der Waals surface area (Å²) >= 11 is 0. The third kappa shape index (κ3) is 3.15. The second-order valence-electron chi connectivity index (χ2n) is 4.21. The van der Waals surface area contributed by atoms with Crippen LogP contribution in [0.2, 0.25) is 0 Å². The van der Waals surface area contributed by atoms with E-state index in [-0.39, 0.29) is 11.3 Å². The van der Waals surface area contributed by atoms with E-state index >= 15 is 0 Å². The van der Waals surface area contributed by atoms with Crippen molar-refractivity contribution in [1.82, 2.24) is 0 Å². The van der Waals surface area contributed by atoms with Crippen LogP contribution in [0.1, 0.15) is 15.9 Å². The average molecular weight is 287 g/mol. The Morgan fingerprint density at radius 1 is 1.19 bits per heavy atom. The Morgan fingerprint density at radius 2 is 1.86 bits per heavy atom. The van der Waals surface area contributed by atoms with Gasteiger partial charge in [0.25, 0.3) is 5.91 Å². The fourth-order valence-corrected chi connectivity index (χ4v) is 1.81. The molecule has 0 saturated heterocycles. The van der Waals surface area contributed by atoms with Crippen molar-refractivity contribution >= 4 is 17.3 Å². The van der Waals surface area contributed by atoms with Gasteiger partial charge in [0.05, 0.1) is 11.6 Å². The molecule has 1 amide bonds. The van der Waals surface area contributed by atoms with E-state index in [1.807, 2.05) is 6.07 Å². The van der Waals surface area contributed by atoms with Gasteiger partial charge in [0.2, 0.25) is 0 Å². The Kier molecular flexibility index (Phi) is 4.14. The van der Waals surface area contributed by atoms with Crippen molar-refractivity contribution in [2.75, 3.05) is 17.7 Å². The molecule has 0 spiro atoms. The summed E-state index contributed by atoms with van der Waals surface area (Å²) in [5.74, 6) is -2.37. The molecule has 2 rings (SSSR count). The number of benzene rings is 2. The van der Waals surface area contributed by atoms with Crippen molar-refractivity contribution in [3.8, 4) is 6.07 Å². The van der Waals surface area contributed by atoms with Gasteiger partial charge in [-0.3, -0.25) is 4.79 Å². The molecule has 0 aliphatic rings. The second kappa shape index (κ2) is 6.01. The predicted octanol–water partition coefficient (Wildman–Crippen LogP) is 3.13. The molecule has 6 heteroatoms. The molecular weight excluding hydrogens is 276 g/mol. The van der Waals surface area contributed by atoms with E-state index in [4.69, 9.17) is 5.26 Å². The molecule has 2 aromatic rings. The Balaban J connectivity index is 2.26. The molecule has 0 aliphatic carbocycles. The largest absolute Gasteiger partial charge is 0.383 e. The lowest BCUT2D eigenvalue weighted by molar-refractivity contribution is 0.102. The summed E-state index contributed by atoms with van der Waals surface area (Å²) in [6.07, 6.45) is 0. The Labute approximate surface area is 120 Å². The van der Waals surface area contributed by atoms with Crippen LogP contribution in [-0.4, -0.2) is 13.0 Å². The summed E-state index contributed by atoms with van der Waals surface area (Å²) in [4.78, 5) is 12.0. The third-order valence-corrected chi connectivity index (χ3v) is 2.80. The van der Waals surface area contributed by atoms with Gasteiger partial charge in [-0.05, 0) is 30.3 Å². The van der Waals surface area contributed by atoms with Crippen LogP contribution in [-0.2, 0) is 0 Å². The normalized spacial score (nSPS) is 9.81. The number of halogens is 2. The van der Waals surface area contributed by atoms with Crippen molar-refractivity contribution in [2.45, 2.75) is 0 Å². The molecule has 0 heterocycles. The maximum absolute atomic E-state index is 13.6. The van der Waals surface area contributed by atoms with Gasteiger partial charge in [0, 0.05) is 18.3 Å². The quantitative estimate of drug-likeness (QED) is 0.911. The zero-order valence-corrected chi connectivity index (χ0v) is 11.1. The van der Waals surface area contributed by atoms with Gasteiger partial charge in [0.1, 0.15) is 17.3 Å². The van der Waals surface area contributed by atoms with Crippen LogP contribution in [0.5, 0.6) is 0 Å². The standard InChI is InChI=1S/C15H11F2N3O/c1-19-14-12(16)6-10(7-13(14)17)15(21)20-11-4-2-3-9(5-11)8-18/h2-7,19H,1H3,(H,20,21). The molecule has 0 atom stereocenters. The van der Waals surface area contributed by atoms with Crippen molar-refractivity contribution in [3.63, 3.8) is 0 Å². The van der Waals surface area contributed by atoms with Crippen LogP contribution in [0.25, 0.3) is 0 Å². The zero-order valence-electron chi connectivity index (χ0n) is 11.1. The van der Waals surface area contributed by atoms with E-state index in [0.717, 1.165) is 12.1 Å². The monoisotopic (exact) mass is 287 g/mol. The van der Waals surface area contributed by atoms with Gasteiger partial charge in [0.15, 0.2) is 0 Å². The molecule has 0 bridgehead atoms. The van der Waals surface area contributed by atoms with Crippen LogP contribution in [0, 0.1) is 23.0 Å². The predicted molar refractivity (Wildman–Crippen MR) is 75.0 cm³/mol. The summed E-state index contributed by atoms with van der Waals surface area (Å²) < 4.78 is 27.2. The number of nitrogens with zero attached hydrogens (tertiary/aromatic N) is 1. The van der Waals surface area contributed by atoms with Crippen molar-refractivity contribution in [2.24, 2.45) is 0 Å². The lowest BCUT2D eigenvalue weighted by Crippen LogP contribution is -2.13. The highest BCUT2D eigenvalue weighted by Gasteiger charge is 2.14. The summed E-state index contributed by atoms with van der Waals surface area (Å²) in [7, 11) is 1.38. The van der Waals surface area contributed by atoms with Crippen LogP contribution < -0.4 is 10.6 Å². The molecule has 0 aromatic heterocycles. The number of hydrogen-bond acceptors (Lipinski definition) is 3. The minimum absolute atomic E-state index is 0.147. The molecule has 21 heavy (non-hydrogen) atoms. The van der Waals surface area contributed by atoms with Gasteiger partial charge in [-0.2, -0.15) is 5.26 Å². The van der Waals surface area contributed by atoms with Crippen LogP contribution in [0.4, 0.5) is 20.2 Å². The van der Waals surface area contributed by atoms with Gasteiger partial charge in [-0.15, -0.1) is 0 Å². The number of nitriles is 1. The molecule has 0 fully saturated rings. The Bertz CT molecular complexity index is 715. The van der Waals surface area contributed by atoms with Crippen molar-refractivity contribution in [1.29, 1.82) is 5.26 Å². The van der Waals surface area contributed by atoms with Crippen molar-refractivity contribution in [3.05, 3.63) is 59.2 Å². The Morgan fingerprint density at radius 3 is 2.43 bits per heavy atom. The number of nitrogens with one attached hydrogen (secondary N) is 2. The highest BCUT2D eigenvalue weighted by atomic mass is 19.1. The first kappa shape index (κ1) is 14.5. The highest BCUT2D eigenvalue weighted by Crippen LogP contribution is 2.21. The smallest absolute Gasteiger partial charge is 0.255 e. The fourth-order valence-electron chi connectivity index (χ4n) is 1.81. The van der Waals surface area contributed by atoms with Gasteiger partial charge < -0.3 is 10.6 Å². The van der Waals surface area contributed by atoms with Gasteiger partial charge in [-0.1, -0.05) is 6.07 Å². The molecule has 0 aliphatic heterocycles. The number of hydrogen-bond donors (Lipinski definition) is 2. The van der Waals surface area contributed by atoms with E-state index < -0.39 is 17.5 Å². The van der Waals surface area contributed by atoms with E-state index in [1.54, 1.807) is 18.2 Å². The SMILES string of the molecule is CNc1c(F)cc(C(=O)Nc2cccc(C#N)c2)cc1F. The molecule has 2 aromatic carbocycles. The van der Waals surface area contributed by atoms with Crippen LogP contribution >= 0.6 is 0 Å². The highest BCUT2D eigenvalue weighted by molar-refractivity contribution is 6.04. The summed E-state index contributed by atoms with van der Waals surface area (Å²) in [6.45, 7) is 0. The maximum Gasteiger partial charge on any atom is 0.255 e. The lowest BCUT2D eigenvalue weighted by atomic mass is 10.1. The zero-order chi connectivity index (χ0) is 15.4. The second-order valence-corrected chi connectivity index (χ2v) is 4.21. The third-order valence-electron chi connectivity index (χ3n) is 2.80. The molecular formula is C15H11F2N3O. The maximum atomic E-state index is 13.6. The molecule has 4 nitrogen and oxygen atoms in total. The van der Waals surface area contributed by atoms with Gasteiger partial charge >= 0.3 is 0 Å². The Hall–Kier alpha value is -2.94. The molecule has 106 valence electrons. The fraction of sp³-hybridized carbons (Fsp3) is 0.0667. The van der Waals surface area contributed by atoms with Gasteiger partial charge in [-0.25, -0.2) is 8.78 Å². The van der Waals surface area contributed by atoms with Crippen LogP contribution in [0.15, 0.2) is 36.4 Å². The topological polar surface area (TPSA) is 64.9 Å². The van der Waals surface area contributed by atoms with Crippen LogP contribution in [0.3, 0.4) is 0 Å². The minimum atomic E-state index is -0.853. The first-order chi connectivity index (χ1) is 10.0. The van der Waals surface area contributed by atoms with E-state index in [0.29, 0.717) is 11.3 Å². The van der Waals surface area contributed by atoms with Crippen molar-refractivity contribution < 1.29 is 13.6 Å². The summed E-state index contributed by atoms with van der Waals surface area (Å²) in [6, 6.07) is 10.0. The first-order valence-corrected chi connectivity index (χ1v) is 6.03. The molecule has 0 unspecified atom stereocenters. The average Bonchev–Trinajstić information content (AvgIpc) is 2.47. The number of carbonyl (C=O) groups excluding carboxylic acids is 1. The van der Waals surface area contributed by atoms with E-state index in [2.05, 4.69) is 10.6 Å². The number of anilines is 2. The summed E-state index contributed by atoms with van der Waals surface area (Å²) in [5.41, 5.74) is 0.303. The molecule has 0 radical (unpaired) electrons. The summed E-state index contributed by atoms with van der Waals surface area (Å²) in [5, 5.41) is 13.6. The molecule has 0 saturated carbocycles.